The molecule has 72 heavy (non-hydrogen) atoms. The summed E-state index contributed by atoms with van der Waals surface area (Å²) in [4.78, 5) is 52.8. The van der Waals surface area contributed by atoms with Crippen molar-refractivity contribution < 1.29 is 23.8 Å². The van der Waals surface area contributed by atoms with Gasteiger partial charge in [0.15, 0.2) is 0 Å². The standard InChI is InChI=1S/C51H22Cl4N8O5S4/c1-51(2)25-9-37(48-34(66-3)7-21(69-48)5-23-39(19(15-56)16-57)41-43(45(23)64)62-32-12-28(54)26(52)10-30(32)60-41)71-47(25)50-36(68-51)14-38(72-50)49-35(67-4)8-22(70-49)6-24-40(20(17-58)18-59)42-44(46(24)65)63-33-13-29(55)27(53)11-31(33)61-42/h5-14H,1-4H3/b23-5-,24-6-. The van der Waals surface area contributed by atoms with E-state index in [1.165, 1.54) is 58.3 Å². The van der Waals surface area contributed by atoms with Gasteiger partial charge < -0.3 is 14.2 Å². The number of hydrogen-bond donors (Lipinski definition) is 0. The van der Waals surface area contributed by atoms with Gasteiger partial charge in [0.25, 0.3) is 0 Å². The average Bonchev–Trinajstić information content (AvgIpc) is 4.22. The third kappa shape index (κ3) is 7.40. The number of methoxy groups -OCH3 is 2. The maximum absolute atomic E-state index is 14.1. The molecule has 2 aromatic carbocycles. The van der Waals surface area contributed by atoms with E-state index in [1.807, 2.05) is 44.2 Å². The summed E-state index contributed by atoms with van der Waals surface area (Å²) in [5.74, 6) is 0.691. The Morgan fingerprint density at radius 3 is 1.35 bits per heavy atom. The van der Waals surface area contributed by atoms with E-state index in [1.54, 1.807) is 49.8 Å². The van der Waals surface area contributed by atoms with E-state index in [-0.39, 0.29) is 76.3 Å². The molecule has 0 saturated carbocycles. The van der Waals surface area contributed by atoms with Crippen LogP contribution in [0.4, 0.5) is 0 Å². The lowest BCUT2D eigenvalue weighted by molar-refractivity contribution is 0.103. The number of ketones is 2. The fourth-order valence-electron chi connectivity index (χ4n) is 8.59. The molecule has 6 aromatic heterocycles. The minimum absolute atomic E-state index is 0.0191. The van der Waals surface area contributed by atoms with Crippen LogP contribution in [0.5, 0.6) is 17.2 Å². The van der Waals surface area contributed by atoms with Gasteiger partial charge in [0.2, 0.25) is 11.6 Å². The van der Waals surface area contributed by atoms with Crippen LogP contribution in [-0.4, -0.2) is 45.7 Å². The third-order valence-corrected chi connectivity index (χ3v) is 18.2. The normalized spacial score (nSPS) is 15.2. The Morgan fingerprint density at radius 2 is 0.944 bits per heavy atom. The molecule has 0 N–H and O–H groups in total. The molecule has 3 aliphatic rings. The number of nitrogens with zero attached hydrogens (tertiary/aromatic N) is 8. The molecule has 8 aromatic rings. The summed E-state index contributed by atoms with van der Waals surface area (Å²) in [6.07, 6.45) is 3.23. The van der Waals surface area contributed by atoms with Crippen molar-refractivity contribution in [1.29, 1.82) is 21.0 Å². The topological polar surface area (TPSA) is 209 Å². The molecule has 0 unspecified atom stereocenters. The van der Waals surface area contributed by atoms with Crippen molar-refractivity contribution >= 4 is 149 Å². The number of halogens is 4. The predicted molar refractivity (Wildman–Crippen MR) is 281 cm³/mol. The molecule has 0 atom stereocenters. The van der Waals surface area contributed by atoms with E-state index >= 15 is 0 Å². The molecule has 0 bridgehead atoms. The number of hydrogen-bond acceptors (Lipinski definition) is 17. The monoisotopic (exact) mass is 1090 g/mol. The highest BCUT2D eigenvalue weighted by Gasteiger charge is 2.40. The van der Waals surface area contributed by atoms with E-state index in [9.17, 15) is 30.6 Å². The average molecular weight is 1100 g/mol. The number of carbonyl (C=O) groups excluding carboxylic acids is 2. The summed E-state index contributed by atoms with van der Waals surface area (Å²) >= 11 is 30.8. The smallest absolute Gasteiger partial charge is 0.214 e. The fraction of sp³-hybridized carbons (Fsp3) is 0.0980. The molecular formula is C51H22Cl4N8O5S4. The third-order valence-electron chi connectivity index (χ3n) is 11.8. The summed E-state index contributed by atoms with van der Waals surface area (Å²) in [6, 6.07) is 21.3. The molecule has 13 nitrogen and oxygen atoms in total. The maximum atomic E-state index is 14.1. The number of allylic oxidation sites excluding steroid dienone is 6. The first-order valence-corrected chi connectivity index (χ1v) is 25.7. The number of ether oxygens (including phenoxy) is 3. The molecule has 0 saturated heterocycles. The number of rotatable bonds is 6. The van der Waals surface area contributed by atoms with Crippen molar-refractivity contribution in [3.05, 3.63) is 129 Å². The summed E-state index contributed by atoms with van der Waals surface area (Å²) in [5, 5.41) is 41.0. The first-order valence-electron chi connectivity index (χ1n) is 20.9. The van der Waals surface area contributed by atoms with E-state index in [2.05, 4.69) is 26.0 Å². The predicted octanol–water partition coefficient (Wildman–Crippen LogP) is 14.2. The second kappa shape index (κ2) is 17.5. The Bertz CT molecular complexity index is 4150. The second-order valence-corrected chi connectivity index (χ2v) is 22.3. The number of carbonyl (C=O) groups is 2. The molecule has 0 spiro atoms. The van der Waals surface area contributed by atoms with Gasteiger partial charge in [0, 0.05) is 48.6 Å². The van der Waals surface area contributed by atoms with Crippen molar-refractivity contribution in [1.82, 2.24) is 19.9 Å². The van der Waals surface area contributed by atoms with E-state index < -0.39 is 17.2 Å². The zero-order valence-corrected chi connectivity index (χ0v) is 43.3. The lowest BCUT2D eigenvalue weighted by Crippen LogP contribution is -2.27. The first kappa shape index (κ1) is 47.1. The summed E-state index contributed by atoms with van der Waals surface area (Å²) in [5.41, 5.74) is 1.33. The van der Waals surface area contributed by atoms with Crippen LogP contribution >= 0.6 is 91.8 Å². The zero-order valence-electron chi connectivity index (χ0n) is 37.0. The van der Waals surface area contributed by atoms with Crippen LogP contribution in [0.2, 0.25) is 20.1 Å². The summed E-state index contributed by atoms with van der Waals surface area (Å²) in [7, 11) is 3.10. The Hall–Kier alpha value is -7.26. The minimum atomic E-state index is -0.770. The highest BCUT2D eigenvalue weighted by molar-refractivity contribution is 7.29. The van der Waals surface area contributed by atoms with Gasteiger partial charge in [-0.3, -0.25) is 9.59 Å². The molecule has 2 aliphatic carbocycles. The highest BCUT2D eigenvalue weighted by Crippen LogP contribution is 2.58. The molecule has 348 valence electrons. The van der Waals surface area contributed by atoms with Crippen molar-refractivity contribution in [3.63, 3.8) is 0 Å². The summed E-state index contributed by atoms with van der Waals surface area (Å²) < 4.78 is 18.5. The van der Waals surface area contributed by atoms with Crippen LogP contribution in [0.3, 0.4) is 0 Å². The van der Waals surface area contributed by atoms with E-state index in [0.29, 0.717) is 49.1 Å². The van der Waals surface area contributed by atoms with E-state index in [4.69, 9.17) is 60.6 Å². The van der Waals surface area contributed by atoms with Crippen LogP contribution < -0.4 is 14.2 Å². The quantitative estimate of drug-likeness (QED) is 0.112. The van der Waals surface area contributed by atoms with Gasteiger partial charge in [0.05, 0.1) is 80.8 Å². The highest BCUT2D eigenvalue weighted by atomic mass is 35.5. The van der Waals surface area contributed by atoms with Crippen molar-refractivity contribution in [2.24, 2.45) is 0 Å². The molecule has 7 heterocycles. The molecule has 1 aliphatic heterocycles. The zero-order chi connectivity index (χ0) is 50.7. The van der Waals surface area contributed by atoms with Crippen LogP contribution in [-0.2, 0) is 5.60 Å². The van der Waals surface area contributed by atoms with Crippen LogP contribution in [0.1, 0.15) is 61.5 Å². The first-order chi connectivity index (χ1) is 34.6. The number of Topliss-reactive ketones (excluding diaryl/α,β-unsaturated/α-hetero) is 2. The lowest BCUT2D eigenvalue weighted by Gasteiger charge is -2.31. The number of aromatic nitrogens is 4. The van der Waals surface area contributed by atoms with Crippen LogP contribution in [0.15, 0.2) is 70.8 Å². The number of nitriles is 4. The Balaban J connectivity index is 0.965. The van der Waals surface area contributed by atoms with Gasteiger partial charge in [-0.05, 0) is 68.5 Å². The lowest BCUT2D eigenvalue weighted by atomic mass is 9.95. The summed E-state index contributed by atoms with van der Waals surface area (Å²) in [6.45, 7) is 3.97. The molecule has 21 heteroatoms. The van der Waals surface area contributed by atoms with Crippen molar-refractivity contribution in [2.45, 2.75) is 19.4 Å². The van der Waals surface area contributed by atoms with Crippen molar-refractivity contribution in [3.8, 4) is 70.8 Å². The molecule has 11 rings (SSSR count). The Morgan fingerprint density at radius 1 is 0.556 bits per heavy atom. The fourth-order valence-corrected chi connectivity index (χ4v) is 14.1. The van der Waals surface area contributed by atoms with Gasteiger partial charge in [-0.2, -0.15) is 21.0 Å². The van der Waals surface area contributed by atoms with Crippen LogP contribution in [0, 0.1) is 45.3 Å². The molecule has 0 fully saturated rings. The van der Waals surface area contributed by atoms with E-state index in [0.717, 1.165) is 34.8 Å². The SMILES string of the molecule is COc1cc(/C=C2\C(=O)c3nc4cc(Cl)c(Cl)cc4nc3C2=C(C#N)C#N)sc1-c1cc2c(s1)-c1sc(-c3sc(/C=C4\C(=O)c5nc6cc(Cl)c(Cl)cc6nc5C4=C(C#N)C#N)cc3OC)cc1C(C)(C)O2. The Kier molecular flexibility index (Phi) is 11.4. The van der Waals surface area contributed by atoms with Crippen molar-refractivity contribution in [2.75, 3.05) is 14.2 Å². The number of benzene rings is 2. The maximum Gasteiger partial charge on any atom is 0.214 e. The van der Waals surface area contributed by atoms with Gasteiger partial charge in [-0.1, -0.05) is 46.4 Å². The Labute approximate surface area is 443 Å². The largest absolute Gasteiger partial charge is 0.495 e. The molecule has 0 amide bonds. The van der Waals surface area contributed by atoms with Gasteiger partial charge in [0.1, 0.15) is 81.0 Å². The molecular weight excluding hydrogens is 1070 g/mol. The minimum Gasteiger partial charge on any atom is -0.495 e. The van der Waals surface area contributed by atoms with Gasteiger partial charge in [-0.25, -0.2) is 19.9 Å². The number of fused-ring (bicyclic) bond motifs is 7. The van der Waals surface area contributed by atoms with Gasteiger partial charge >= 0.3 is 0 Å². The second-order valence-electron chi connectivity index (χ2n) is 16.4. The molecule has 0 radical (unpaired) electrons. The van der Waals surface area contributed by atoms with Gasteiger partial charge in [-0.15, -0.1) is 45.3 Å². The van der Waals surface area contributed by atoms with Crippen LogP contribution in [0.25, 0.3) is 74.6 Å². The number of thiophene rings is 4.